The molecule has 1 amide bonds. The molecule has 8 heteroatoms. The number of carbonyl (C=O) groups is 1. The van der Waals surface area contributed by atoms with Crippen molar-refractivity contribution in [2.45, 2.75) is 11.3 Å². The lowest BCUT2D eigenvalue weighted by Gasteiger charge is -2.24. The van der Waals surface area contributed by atoms with Gasteiger partial charge in [-0.25, -0.2) is 8.42 Å². The normalized spacial score (nSPS) is 15.6. The molecule has 3 aromatic rings. The van der Waals surface area contributed by atoms with Gasteiger partial charge in [0.05, 0.1) is 16.5 Å². The van der Waals surface area contributed by atoms with Gasteiger partial charge in [0.25, 0.3) is 10.0 Å². The average Bonchev–Trinajstić information content (AvgIpc) is 2.73. The number of halogens is 1. The van der Waals surface area contributed by atoms with Crippen LogP contribution in [0.5, 0.6) is 5.75 Å². The van der Waals surface area contributed by atoms with Crippen LogP contribution in [0.1, 0.15) is 5.56 Å². The van der Waals surface area contributed by atoms with Crippen molar-refractivity contribution in [3.8, 4) is 5.75 Å². The second kappa shape index (κ2) is 8.38. The molecule has 3 aromatic carbocycles. The van der Waals surface area contributed by atoms with E-state index in [1.807, 2.05) is 0 Å². The zero-order valence-electron chi connectivity index (χ0n) is 15.8. The average molecular weight is 443 g/mol. The van der Waals surface area contributed by atoms with Crippen LogP contribution in [0.15, 0.2) is 77.7 Å². The van der Waals surface area contributed by atoms with Crippen LogP contribution in [0.2, 0.25) is 5.02 Å². The Hall–Kier alpha value is -3.03. The van der Waals surface area contributed by atoms with Crippen LogP contribution in [0, 0.1) is 5.92 Å². The van der Waals surface area contributed by atoms with Gasteiger partial charge in [0.1, 0.15) is 12.4 Å². The van der Waals surface area contributed by atoms with Crippen LogP contribution in [0.3, 0.4) is 0 Å². The molecule has 154 valence electrons. The Balaban J connectivity index is 1.45. The summed E-state index contributed by atoms with van der Waals surface area (Å²) >= 11 is 6.04. The number of anilines is 2. The Labute approximate surface area is 179 Å². The highest BCUT2D eigenvalue weighted by Crippen LogP contribution is 2.30. The molecule has 1 atom stereocenters. The third-order valence-electron chi connectivity index (χ3n) is 4.74. The molecule has 30 heavy (non-hydrogen) atoms. The lowest BCUT2D eigenvalue weighted by atomic mass is 9.96. The van der Waals surface area contributed by atoms with Crippen LogP contribution >= 0.6 is 11.6 Å². The van der Waals surface area contributed by atoms with Gasteiger partial charge in [-0.3, -0.25) is 9.52 Å². The molecule has 0 fully saturated rings. The van der Waals surface area contributed by atoms with Crippen molar-refractivity contribution in [1.29, 1.82) is 0 Å². The maximum absolute atomic E-state index is 12.7. The summed E-state index contributed by atoms with van der Waals surface area (Å²) in [5.41, 5.74) is 1.73. The van der Waals surface area contributed by atoms with Crippen molar-refractivity contribution < 1.29 is 17.9 Å². The predicted octanol–water partition coefficient (Wildman–Crippen LogP) is 4.33. The van der Waals surface area contributed by atoms with Gasteiger partial charge in [-0.1, -0.05) is 35.9 Å². The molecule has 0 spiro atoms. The Morgan fingerprint density at radius 2 is 1.73 bits per heavy atom. The molecule has 1 heterocycles. The number of fused-ring (bicyclic) bond motifs is 1. The topological polar surface area (TPSA) is 84.5 Å². The third kappa shape index (κ3) is 4.58. The maximum Gasteiger partial charge on any atom is 0.261 e. The van der Waals surface area contributed by atoms with E-state index in [4.69, 9.17) is 16.3 Å². The van der Waals surface area contributed by atoms with E-state index in [0.29, 0.717) is 22.8 Å². The third-order valence-corrected chi connectivity index (χ3v) is 6.37. The smallest absolute Gasteiger partial charge is 0.261 e. The Morgan fingerprint density at radius 3 is 2.53 bits per heavy atom. The number of amides is 1. The van der Waals surface area contributed by atoms with Gasteiger partial charge in [0.2, 0.25) is 5.91 Å². The monoisotopic (exact) mass is 442 g/mol. The van der Waals surface area contributed by atoms with E-state index >= 15 is 0 Å². The fraction of sp³-hybridized carbons (Fsp3) is 0.136. The molecular formula is C22H19ClN2O4S. The first-order chi connectivity index (χ1) is 14.4. The Kier molecular flexibility index (Phi) is 5.65. The molecule has 1 aliphatic heterocycles. The summed E-state index contributed by atoms with van der Waals surface area (Å²) < 4.78 is 33.2. The molecule has 1 unspecified atom stereocenters. The largest absolute Gasteiger partial charge is 0.492 e. The van der Waals surface area contributed by atoms with Crippen molar-refractivity contribution in [3.05, 3.63) is 83.4 Å². The molecule has 2 N–H and O–H groups in total. The lowest BCUT2D eigenvalue weighted by molar-refractivity contribution is -0.121. The van der Waals surface area contributed by atoms with E-state index in [1.54, 1.807) is 60.7 Å². The maximum atomic E-state index is 12.7. The highest BCUT2D eigenvalue weighted by Gasteiger charge is 2.26. The second-order valence-corrected chi connectivity index (χ2v) is 9.07. The Morgan fingerprint density at radius 1 is 0.967 bits per heavy atom. The summed E-state index contributed by atoms with van der Waals surface area (Å²) in [6, 6.07) is 20.0. The summed E-state index contributed by atoms with van der Waals surface area (Å²) in [6.45, 7) is 0.265. The van der Waals surface area contributed by atoms with E-state index in [1.165, 1.54) is 12.1 Å². The summed E-state index contributed by atoms with van der Waals surface area (Å²) in [7, 11) is -3.71. The van der Waals surface area contributed by atoms with E-state index in [2.05, 4.69) is 10.0 Å². The van der Waals surface area contributed by atoms with Gasteiger partial charge >= 0.3 is 0 Å². The minimum atomic E-state index is -3.71. The molecule has 0 aromatic heterocycles. The second-order valence-electron chi connectivity index (χ2n) is 6.95. The fourth-order valence-corrected chi connectivity index (χ4v) is 4.52. The Bertz CT molecular complexity index is 1180. The van der Waals surface area contributed by atoms with Gasteiger partial charge in [-0.2, -0.15) is 0 Å². The molecule has 0 radical (unpaired) electrons. The van der Waals surface area contributed by atoms with Gasteiger partial charge in [0.15, 0.2) is 0 Å². The predicted molar refractivity (Wildman–Crippen MR) is 116 cm³/mol. The molecule has 4 rings (SSSR count). The van der Waals surface area contributed by atoms with Crippen molar-refractivity contribution >= 4 is 38.9 Å². The number of ether oxygens (including phenoxy) is 1. The lowest BCUT2D eigenvalue weighted by Crippen LogP contribution is -2.32. The minimum Gasteiger partial charge on any atom is -0.492 e. The van der Waals surface area contributed by atoms with Gasteiger partial charge in [0, 0.05) is 10.7 Å². The number of carbonyl (C=O) groups excluding carboxylic acids is 1. The highest BCUT2D eigenvalue weighted by molar-refractivity contribution is 7.92. The van der Waals surface area contributed by atoms with E-state index < -0.39 is 10.0 Å². The van der Waals surface area contributed by atoms with Crippen molar-refractivity contribution in [2.75, 3.05) is 16.6 Å². The van der Waals surface area contributed by atoms with Crippen molar-refractivity contribution in [1.82, 2.24) is 0 Å². The fourth-order valence-electron chi connectivity index (χ4n) is 3.25. The zero-order chi connectivity index (χ0) is 21.1. The molecule has 0 aliphatic carbocycles. The molecule has 0 saturated heterocycles. The van der Waals surface area contributed by atoms with Crippen LogP contribution in [0.4, 0.5) is 11.4 Å². The minimum absolute atomic E-state index is 0.163. The van der Waals surface area contributed by atoms with Gasteiger partial charge < -0.3 is 10.1 Å². The quantitative estimate of drug-likeness (QED) is 0.616. The van der Waals surface area contributed by atoms with Crippen molar-refractivity contribution in [2.24, 2.45) is 5.92 Å². The van der Waals surface area contributed by atoms with Crippen LogP contribution < -0.4 is 14.8 Å². The first kappa shape index (κ1) is 20.3. The number of rotatable bonds is 5. The molecule has 1 aliphatic rings. The number of nitrogens with one attached hydrogen (secondary N) is 2. The SMILES string of the molecule is O=C(Nc1cccc(NS(=O)(=O)c2ccccc2)c1)C1COc2ccc(Cl)cc2C1. The molecule has 0 bridgehead atoms. The van der Waals surface area contributed by atoms with E-state index in [0.717, 1.165) is 11.3 Å². The van der Waals surface area contributed by atoms with E-state index in [9.17, 15) is 13.2 Å². The van der Waals surface area contributed by atoms with E-state index in [-0.39, 0.29) is 23.3 Å². The summed E-state index contributed by atoms with van der Waals surface area (Å²) in [6.07, 6.45) is 0.516. The first-order valence-electron chi connectivity index (χ1n) is 9.31. The number of hydrogen-bond acceptors (Lipinski definition) is 4. The standard InChI is InChI=1S/C22H19ClN2O4S/c23-17-9-10-21-15(12-17)11-16(14-29-21)22(26)24-18-5-4-6-19(13-18)25-30(27,28)20-7-2-1-3-8-20/h1-10,12-13,16,25H,11,14H2,(H,24,26). The summed E-state index contributed by atoms with van der Waals surface area (Å²) in [5.74, 6) is 0.157. The van der Waals surface area contributed by atoms with Gasteiger partial charge in [-0.15, -0.1) is 0 Å². The highest BCUT2D eigenvalue weighted by atomic mass is 35.5. The van der Waals surface area contributed by atoms with Crippen LogP contribution in [-0.2, 0) is 21.2 Å². The number of sulfonamides is 1. The summed E-state index contributed by atoms with van der Waals surface area (Å²) in [5, 5.41) is 3.43. The number of benzene rings is 3. The summed E-state index contributed by atoms with van der Waals surface area (Å²) in [4.78, 5) is 12.9. The molecular weight excluding hydrogens is 424 g/mol. The van der Waals surface area contributed by atoms with Gasteiger partial charge in [-0.05, 0) is 60.5 Å². The van der Waals surface area contributed by atoms with Crippen LogP contribution in [0.25, 0.3) is 0 Å². The number of hydrogen-bond donors (Lipinski definition) is 2. The molecule has 0 saturated carbocycles. The first-order valence-corrected chi connectivity index (χ1v) is 11.2. The zero-order valence-corrected chi connectivity index (χ0v) is 17.4. The molecule has 6 nitrogen and oxygen atoms in total. The van der Waals surface area contributed by atoms with Crippen molar-refractivity contribution in [3.63, 3.8) is 0 Å². The van der Waals surface area contributed by atoms with Crippen LogP contribution in [-0.4, -0.2) is 20.9 Å².